The van der Waals surface area contributed by atoms with Gasteiger partial charge in [-0.1, -0.05) is 17.7 Å². The van der Waals surface area contributed by atoms with Gasteiger partial charge in [-0.2, -0.15) is 0 Å². The van der Waals surface area contributed by atoms with Crippen molar-refractivity contribution in [1.29, 1.82) is 0 Å². The van der Waals surface area contributed by atoms with Crippen molar-refractivity contribution in [1.82, 2.24) is 9.88 Å². The fourth-order valence-electron chi connectivity index (χ4n) is 3.50. The SMILES string of the molecule is O=C(c1ccc(F)c(Cl)c1)N1CC2(C[C@@H](Oc3ccccn3)CCO2)C1. The summed E-state index contributed by atoms with van der Waals surface area (Å²) < 4.78 is 25.2. The van der Waals surface area contributed by atoms with Gasteiger partial charge in [-0.05, 0) is 24.3 Å². The van der Waals surface area contributed by atoms with E-state index in [0.29, 0.717) is 37.6 Å². The Morgan fingerprint density at radius 1 is 1.35 bits per heavy atom. The number of amides is 1. The van der Waals surface area contributed by atoms with Crippen LogP contribution in [0.5, 0.6) is 5.88 Å². The minimum Gasteiger partial charge on any atom is -0.474 e. The molecule has 1 aromatic carbocycles. The second-order valence-corrected chi connectivity index (χ2v) is 7.13. The summed E-state index contributed by atoms with van der Waals surface area (Å²) >= 11 is 5.77. The zero-order valence-corrected chi connectivity index (χ0v) is 14.8. The van der Waals surface area contributed by atoms with Gasteiger partial charge < -0.3 is 14.4 Å². The Labute approximate surface area is 155 Å². The summed E-state index contributed by atoms with van der Waals surface area (Å²) in [6, 6.07) is 9.57. The zero-order valence-electron chi connectivity index (χ0n) is 14.0. The van der Waals surface area contributed by atoms with E-state index in [-0.39, 0.29) is 22.6 Å². The molecule has 1 spiro atoms. The molecular weight excluding hydrogens is 359 g/mol. The average Bonchev–Trinajstić information content (AvgIpc) is 2.62. The summed E-state index contributed by atoms with van der Waals surface area (Å²) in [5.74, 6) is -0.106. The van der Waals surface area contributed by atoms with E-state index < -0.39 is 5.82 Å². The smallest absolute Gasteiger partial charge is 0.254 e. The van der Waals surface area contributed by atoms with Crippen LogP contribution in [0, 0.1) is 5.82 Å². The second-order valence-electron chi connectivity index (χ2n) is 6.72. The molecule has 0 radical (unpaired) electrons. The Bertz CT molecular complexity index is 812. The van der Waals surface area contributed by atoms with Crippen LogP contribution in [0.15, 0.2) is 42.6 Å². The number of carbonyl (C=O) groups is 1. The first-order valence-electron chi connectivity index (χ1n) is 8.51. The number of ether oxygens (including phenoxy) is 2. The number of carbonyl (C=O) groups excluding carboxylic acids is 1. The minimum absolute atomic E-state index is 0.0103. The summed E-state index contributed by atoms with van der Waals surface area (Å²) in [5.41, 5.74) is 0.000302. The molecule has 1 atom stereocenters. The monoisotopic (exact) mass is 376 g/mol. The van der Waals surface area contributed by atoms with Crippen LogP contribution in [0.25, 0.3) is 0 Å². The summed E-state index contributed by atoms with van der Waals surface area (Å²) in [5, 5.41) is -0.0520. The Morgan fingerprint density at radius 3 is 2.92 bits per heavy atom. The molecule has 0 N–H and O–H groups in total. The van der Waals surface area contributed by atoms with E-state index >= 15 is 0 Å². The minimum atomic E-state index is -0.534. The van der Waals surface area contributed by atoms with Crippen molar-refractivity contribution >= 4 is 17.5 Å². The third-order valence-electron chi connectivity index (χ3n) is 4.78. The average molecular weight is 377 g/mol. The van der Waals surface area contributed by atoms with Gasteiger partial charge in [-0.15, -0.1) is 0 Å². The van der Waals surface area contributed by atoms with E-state index in [9.17, 15) is 9.18 Å². The highest BCUT2D eigenvalue weighted by Crippen LogP contribution is 2.36. The molecule has 2 saturated heterocycles. The zero-order chi connectivity index (χ0) is 18.1. The van der Waals surface area contributed by atoms with Crippen LogP contribution in [0.1, 0.15) is 23.2 Å². The quantitative estimate of drug-likeness (QED) is 0.824. The van der Waals surface area contributed by atoms with Crippen molar-refractivity contribution < 1.29 is 18.7 Å². The summed E-state index contributed by atoms with van der Waals surface area (Å²) in [6.45, 7) is 1.56. The third kappa shape index (κ3) is 3.39. The van der Waals surface area contributed by atoms with Gasteiger partial charge in [0.1, 0.15) is 17.5 Å². The molecule has 0 aliphatic carbocycles. The van der Waals surface area contributed by atoms with Gasteiger partial charge in [0.15, 0.2) is 0 Å². The maximum Gasteiger partial charge on any atom is 0.254 e. The van der Waals surface area contributed by atoms with Gasteiger partial charge >= 0.3 is 0 Å². The molecule has 4 rings (SSSR count). The largest absolute Gasteiger partial charge is 0.474 e. The lowest BCUT2D eigenvalue weighted by Crippen LogP contribution is -2.67. The van der Waals surface area contributed by atoms with Gasteiger partial charge in [0.2, 0.25) is 5.88 Å². The van der Waals surface area contributed by atoms with Crippen LogP contribution in [0.3, 0.4) is 0 Å². The first kappa shape index (κ1) is 17.2. The number of hydrogen-bond donors (Lipinski definition) is 0. The molecule has 3 heterocycles. The molecule has 5 nitrogen and oxygen atoms in total. The van der Waals surface area contributed by atoms with Crippen LogP contribution in [-0.2, 0) is 4.74 Å². The molecule has 2 aliphatic rings. The Morgan fingerprint density at radius 2 is 2.19 bits per heavy atom. The lowest BCUT2D eigenvalue weighted by Gasteiger charge is -2.52. The van der Waals surface area contributed by atoms with Crippen molar-refractivity contribution in [2.24, 2.45) is 0 Å². The topological polar surface area (TPSA) is 51.7 Å². The third-order valence-corrected chi connectivity index (χ3v) is 5.07. The highest BCUT2D eigenvalue weighted by molar-refractivity contribution is 6.31. The lowest BCUT2D eigenvalue weighted by atomic mass is 9.84. The van der Waals surface area contributed by atoms with Crippen LogP contribution in [0.4, 0.5) is 4.39 Å². The first-order chi connectivity index (χ1) is 12.5. The number of benzene rings is 1. The van der Waals surface area contributed by atoms with Gasteiger partial charge in [0.05, 0.1) is 24.7 Å². The summed E-state index contributed by atoms with van der Waals surface area (Å²) in [7, 11) is 0. The van der Waals surface area contributed by atoms with Crippen LogP contribution in [0.2, 0.25) is 5.02 Å². The van der Waals surface area contributed by atoms with E-state index in [1.165, 1.54) is 18.2 Å². The number of likely N-dealkylation sites (tertiary alicyclic amines) is 1. The molecule has 2 fully saturated rings. The maximum atomic E-state index is 13.3. The van der Waals surface area contributed by atoms with Gasteiger partial charge in [0.25, 0.3) is 5.91 Å². The van der Waals surface area contributed by atoms with Crippen molar-refractivity contribution in [3.63, 3.8) is 0 Å². The molecule has 1 amide bonds. The number of nitrogens with zero attached hydrogens (tertiary/aromatic N) is 2. The number of pyridine rings is 1. The highest BCUT2D eigenvalue weighted by atomic mass is 35.5. The first-order valence-corrected chi connectivity index (χ1v) is 8.88. The normalized spacial score (nSPS) is 21.3. The molecule has 0 saturated carbocycles. The standard InChI is InChI=1S/C19H18ClFN2O3/c20-15-9-13(4-5-16(15)21)18(24)23-11-19(12-23)10-14(6-8-25-19)26-17-3-1-2-7-22-17/h1-5,7,9,14H,6,8,10-12H2/t14-/m0/s1. The predicted octanol–water partition coefficient (Wildman–Crippen LogP) is 3.33. The number of halogens is 2. The van der Waals surface area contributed by atoms with E-state index in [4.69, 9.17) is 21.1 Å². The van der Waals surface area contributed by atoms with Gasteiger partial charge in [-0.3, -0.25) is 4.79 Å². The molecule has 136 valence electrons. The van der Waals surface area contributed by atoms with Crippen molar-refractivity contribution in [3.05, 3.63) is 59.0 Å². The highest BCUT2D eigenvalue weighted by Gasteiger charge is 2.50. The lowest BCUT2D eigenvalue weighted by molar-refractivity contribution is -0.174. The summed E-state index contributed by atoms with van der Waals surface area (Å²) in [4.78, 5) is 18.4. The Balaban J connectivity index is 1.38. The summed E-state index contributed by atoms with van der Waals surface area (Å²) in [6.07, 6.45) is 3.20. The molecule has 7 heteroatoms. The molecular formula is C19H18ClFN2O3. The number of aromatic nitrogens is 1. The predicted molar refractivity (Wildman–Crippen MR) is 93.9 cm³/mol. The molecule has 0 bridgehead atoms. The van der Waals surface area contributed by atoms with Crippen molar-refractivity contribution in [3.8, 4) is 5.88 Å². The Kier molecular flexibility index (Phi) is 4.54. The van der Waals surface area contributed by atoms with Gasteiger partial charge in [-0.25, -0.2) is 9.37 Å². The second kappa shape index (κ2) is 6.85. The van der Waals surface area contributed by atoms with E-state index in [1.807, 2.05) is 18.2 Å². The van der Waals surface area contributed by atoms with E-state index in [1.54, 1.807) is 11.1 Å². The number of rotatable bonds is 3. The van der Waals surface area contributed by atoms with Crippen LogP contribution >= 0.6 is 11.6 Å². The molecule has 2 aromatic rings. The maximum absolute atomic E-state index is 13.3. The van der Waals surface area contributed by atoms with Crippen molar-refractivity contribution in [2.75, 3.05) is 19.7 Å². The fourth-order valence-corrected chi connectivity index (χ4v) is 3.68. The molecule has 2 aliphatic heterocycles. The van der Waals surface area contributed by atoms with E-state index in [2.05, 4.69) is 4.98 Å². The number of hydrogen-bond acceptors (Lipinski definition) is 4. The molecule has 26 heavy (non-hydrogen) atoms. The van der Waals surface area contributed by atoms with Gasteiger partial charge in [0, 0.05) is 30.7 Å². The van der Waals surface area contributed by atoms with E-state index in [0.717, 1.165) is 6.42 Å². The fraction of sp³-hybridized carbons (Fsp3) is 0.368. The van der Waals surface area contributed by atoms with Crippen LogP contribution in [-0.4, -0.2) is 47.2 Å². The van der Waals surface area contributed by atoms with Crippen molar-refractivity contribution in [2.45, 2.75) is 24.5 Å². The Hall–Kier alpha value is -2.18. The molecule has 1 aromatic heterocycles. The molecule has 0 unspecified atom stereocenters. The van der Waals surface area contributed by atoms with Crippen LogP contribution < -0.4 is 4.74 Å².